The van der Waals surface area contributed by atoms with Crippen molar-refractivity contribution in [1.29, 1.82) is 0 Å². The number of aromatic nitrogens is 3. The molecule has 3 heterocycles. The maximum Gasteiger partial charge on any atom is 0.272 e. The zero-order valence-electron chi connectivity index (χ0n) is 12.7. The molecule has 3 rings (SSSR count). The van der Waals surface area contributed by atoms with Crippen LogP contribution in [0.2, 0.25) is 5.02 Å². The highest BCUT2D eigenvalue weighted by Crippen LogP contribution is 2.26. The molecule has 2 atom stereocenters. The van der Waals surface area contributed by atoms with Crippen molar-refractivity contribution in [3.63, 3.8) is 0 Å². The number of hydrogen-bond acceptors (Lipinski definition) is 5. The van der Waals surface area contributed by atoms with E-state index in [9.17, 15) is 9.18 Å². The van der Waals surface area contributed by atoms with Crippen LogP contribution in [-0.2, 0) is 4.74 Å². The molecule has 0 aliphatic carbocycles. The number of anilines is 1. The first-order chi connectivity index (χ1) is 10.9. The van der Waals surface area contributed by atoms with Gasteiger partial charge >= 0.3 is 0 Å². The zero-order valence-corrected chi connectivity index (χ0v) is 13.5. The summed E-state index contributed by atoms with van der Waals surface area (Å²) < 4.78 is 19.0. The Kier molecular flexibility index (Phi) is 4.32. The maximum absolute atomic E-state index is 13.3. The molecule has 0 aromatic carbocycles. The summed E-state index contributed by atoms with van der Waals surface area (Å²) in [6.07, 6.45) is 1.31. The van der Waals surface area contributed by atoms with Crippen LogP contribution < -0.4 is 10.5 Å². The van der Waals surface area contributed by atoms with Gasteiger partial charge in [-0.25, -0.2) is 9.97 Å². The molecule has 1 fully saturated rings. The fraction of sp³-hybridized carbons (Fsp3) is 0.400. The van der Waals surface area contributed by atoms with Gasteiger partial charge in [-0.1, -0.05) is 11.6 Å². The third-order valence-electron chi connectivity index (χ3n) is 3.56. The second kappa shape index (κ2) is 6.25. The van der Waals surface area contributed by atoms with Gasteiger partial charge in [0.15, 0.2) is 5.82 Å². The van der Waals surface area contributed by atoms with Crippen molar-refractivity contribution >= 4 is 17.4 Å². The van der Waals surface area contributed by atoms with E-state index in [4.69, 9.17) is 16.3 Å². The van der Waals surface area contributed by atoms with Crippen LogP contribution in [0.4, 0.5) is 10.2 Å². The van der Waals surface area contributed by atoms with Gasteiger partial charge in [-0.05, 0) is 19.9 Å². The zero-order chi connectivity index (χ0) is 16.6. The molecule has 1 aliphatic heterocycles. The number of halogens is 2. The summed E-state index contributed by atoms with van der Waals surface area (Å²) in [5.41, 5.74) is -0.0300. The SMILES string of the molecule is C[C@@H]1CN(c2nc(-c3ccnc(F)c3)[nH]c(=O)c2Cl)C[C@H](C)O1. The molecule has 6 nitrogen and oxygen atoms in total. The molecule has 1 N–H and O–H groups in total. The van der Waals surface area contributed by atoms with Crippen LogP contribution in [0.3, 0.4) is 0 Å². The fourth-order valence-corrected chi connectivity index (χ4v) is 2.90. The molecular formula is C15H16ClFN4O2. The fourth-order valence-electron chi connectivity index (χ4n) is 2.69. The summed E-state index contributed by atoms with van der Waals surface area (Å²) in [7, 11) is 0. The van der Waals surface area contributed by atoms with Crippen LogP contribution >= 0.6 is 11.6 Å². The van der Waals surface area contributed by atoms with Crippen molar-refractivity contribution in [2.24, 2.45) is 0 Å². The van der Waals surface area contributed by atoms with E-state index >= 15 is 0 Å². The Labute approximate surface area is 137 Å². The van der Waals surface area contributed by atoms with Crippen molar-refractivity contribution in [3.8, 4) is 11.4 Å². The Morgan fingerprint density at radius 3 is 2.74 bits per heavy atom. The third-order valence-corrected chi connectivity index (χ3v) is 3.91. The highest BCUT2D eigenvalue weighted by molar-refractivity contribution is 6.32. The van der Waals surface area contributed by atoms with Gasteiger partial charge in [0.2, 0.25) is 5.95 Å². The molecular weight excluding hydrogens is 323 g/mol. The number of nitrogens with zero attached hydrogens (tertiary/aromatic N) is 3. The van der Waals surface area contributed by atoms with Crippen LogP contribution in [0.15, 0.2) is 23.1 Å². The van der Waals surface area contributed by atoms with Gasteiger partial charge in [0.1, 0.15) is 10.8 Å². The monoisotopic (exact) mass is 338 g/mol. The minimum absolute atomic E-state index is 0.00211. The normalized spacial score (nSPS) is 21.5. The summed E-state index contributed by atoms with van der Waals surface area (Å²) in [6.45, 7) is 5.04. The molecule has 2 aromatic heterocycles. The van der Waals surface area contributed by atoms with E-state index in [1.165, 1.54) is 12.3 Å². The molecule has 23 heavy (non-hydrogen) atoms. The molecule has 8 heteroatoms. The number of H-pyrrole nitrogens is 1. The Morgan fingerprint density at radius 2 is 2.09 bits per heavy atom. The van der Waals surface area contributed by atoms with Gasteiger partial charge in [0.05, 0.1) is 12.2 Å². The van der Waals surface area contributed by atoms with Crippen molar-refractivity contribution in [3.05, 3.63) is 39.7 Å². The van der Waals surface area contributed by atoms with E-state index in [-0.39, 0.29) is 23.1 Å². The first kappa shape index (κ1) is 15.9. The molecule has 0 amide bonds. The molecule has 0 bridgehead atoms. The Hall–Kier alpha value is -1.99. The topological polar surface area (TPSA) is 71.1 Å². The van der Waals surface area contributed by atoms with Crippen molar-refractivity contribution in [1.82, 2.24) is 15.0 Å². The smallest absolute Gasteiger partial charge is 0.272 e. The molecule has 0 saturated carbocycles. The summed E-state index contributed by atoms with van der Waals surface area (Å²) in [5.74, 6) is -0.0117. The summed E-state index contributed by atoms with van der Waals surface area (Å²) in [5, 5.41) is 0.0181. The number of ether oxygens (including phenoxy) is 1. The Balaban J connectivity index is 2.05. The van der Waals surface area contributed by atoms with E-state index in [0.29, 0.717) is 24.5 Å². The van der Waals surface area contributed by atoms with Gasteiger partial charge in [-0.15, -0.1) is 0 Å². The van der Waals surface area contributed by atoms with Crippen LogP contribution in [0.1, 0.15) is 13.8 Å². The van der Waals surface area contributed by atoms with E-state index in [2.05, 4.69) is 15.0 Å². The van der Waals surface area contributed by atoms with Gasteiger partial charge in [0.25, 0.3) is 5.56 Å². The number of hydrogen-bond donors (Lipinski definition) is 1. The van der Waals surface area contributed by atoms with E-state index in [1.807, 2.05) is 18.7 Å². The Morgan fingerprint density at radius 1 is 1.39 bits per heavy atom. The first-order valence-electron chi connectivity index (χ1n) is 7.26. The number of aromatic amines is 1. The lowest BCUT2D eigenvalue weighted by molar-refractivity contribution is -0.00545. The quantitative estimate of drug-likeness (QED) is 0.850. The molecule has 0 spiro atoms. The maximum atomic E-state index is 13.3. The Bertz CT molecular complexity index is 772. The summed E-state index contributed by atoms with van der Waals surface area (Å²) >= 11 is 6.14. The molecule has 0 radical (unpaired) electrons. The first-order valence-corrected chi connectivity index (χ1v) is 7.64. The van der Waals surface area contributed by atoms with Gasteiger partial charge in [0, 0.05) is 30.9 Å². The predicted molar refractivity (Wildman–Crippen MR) is 85.3 cm³/mol. The summed E-state index contributed by atoms with van der Waals surface area (Å²) in [6, 6.07) is 2.78. The van der Waals surface area contributed by atoms with Gasteiger partial charge in [-0.2, -0.15) is 4.39 Å². The molecule has 2 aromatic rings. The average Bonchev–Trinajstić information content (AvgIpc) is 2.49. The highest BCUT2D eigenvalue weighted by Gasteiger charge is 2.26. The molecule has 122 valence electrons. The number of morpholine rings is 1. The average molecular weight is 339 g/mol. The minimum Gasteiger partial charge on any atom is -0.372 e. The largest absolute Gasteiger partial charge is 0.372 e. The third kappa shape index (κ3) is 3.35. The lowest BCUT2D eigenvalue weighted by atomic mass is 10.2. The summed E-state index contributed by atoms with van der Waals surface area (Å²) in [4.78, 5) is 24.5. The van der Waals surface area contributed by atoms with Gasteiger partial charge < -0.3 is 14.6 Å². The van der Waals surface area contributed by atoms with Crippen LogP contribution in [0.5, 0.6) is 0 Å². The molecule has 1 saturated heterocycles. The van der Waals surface area contributed by atoms with Gasteiger partial charge in [-0.3, -0.25) is 4.79 Å². The number of nitrogens with one attached hydrogen (secondary N) is 1. The van der Waals surface area contributed by atoms with E-state index in [0.717, 1.165) is 0 Å². The van der Waals surface area contributed by atoms with Crippen LogP contribution in [0.25, 0.3) is 11.4 Å². The highest BCUT2D eigenvalue weighted by atomic mass is 35.5. The predicted octanol–water partition coefficient (Wildman–Crippen LogP) is 2.24. The second-order valence-electron chi connectivity index (χ2n) is 5.58. The second-order valence-corrected chi connectivity index (χ2v) is 5.96. The molecule has 1 aliphatic rings. The minimum atomic E-state index is -0.643. The van der Waals surface area contributed by atoms with E-state index in [1.54, 1.807) is 6.07 Å². The number of pyridine rings is 1. The van der Waals surface area contributed by atoms with Crippen molar-refractivity contribution in [2.75, 3.05) is 18.0 Å². The van der Waals surface area contributed by atoms with Crippen LogP contribution in [0, 0.1) is 5.95 Å². The standard InChI is InChI=1S/C15H16ClFN4O2/c1-8-6-21(7-9(2)23-8)14-12(16)15(22)20-13(19-14)10-3-4-18-11(17)5-10/h3-5,8-9H,6-7H2,1-2H3,(H,19,20,22)/t8-,9+. The van der Waals surface area contributed by atoms with Crippen molar-refractivity contribution in [2.45, 2.75) is 26.1 Å². The van der Waals surface area contributed by atoms with Crippen molar-refractivity contribution < 1.29 is 9.13 Å². The lowest BCUT2D eigenvalue weighted by Crippen LogP contribution is -2.46. The molecule has 0 unspecified atom stereocenters. The van der Waals surface area contributed by atoms with E-state index < -0.39 is 11.5 Å². The number of rotatable bonds is 2. The van der Waals surface area contributed by atoms with Crippen LogP contribution in [-0.4, -0.2) is 40.2 Å². The lowest BCUT2D eigenvalue weighted by Gasteiger charge is -2.36.